The molecule has 1 N–H and O–H groups in total. The molecule has 2 aliphatic rings. The highest BCUT2D eigenvalue weighted by Gasteiger charge is 2.54. The Balaban J connectivity index is 1.37. The van der Waals surface area contributed by atoms with E-state index in [9.17, 15) is 14.4 Å². The quantitative estimate of drug-likeness (QED) is 0.539. The molecular formula is C29H29ClN4O4. The number of likely N-dealkylation sites (tertiary alicyclic amines) is 1. The van der Waals surface area contributed by atoms with Crippen LogP contribution in [0.4, 0.5) is 0 Å². The average Bonchev–Trinajstić information content (AvgIpc) is 3.31. The first kappa shape index (κ1) is 25.9. The van der Waals surface area contributed by atoms with Gasteiger partial charge in [0.15, 0.2) is 0 Å². The van der Waals surface area contributed by atoms with Gasteiger partial charge in [-0.15, -0.1) is 0 Å². The highest BCUT2D eigenvalue weighted by Crippen LogP contribution is 2.39. The molecule has 8 nitrogen and oxygen atoms in total. The molecule has 2 aromatic carbocycles. The summed E-state index contributed by atoms with van der Waals surface area (Å²) in [5, 5.41) is 3.31. The largest absolute Gasteiger partial charge is 0.353 e. The number of ether oxygens (including phenoxy) is 1. The van der Waals surface area contributed by atoms with Crippen molar-refractivity contribution in [1.29, 1.82) is 0 Å². The molecule has 9 heteroatoms. The van der Waals surface area contributed by atoms with Crippen LogP contribution < -0.4 is 5.32 Å². The number of rotatable bonds is 5. The number of benzene rings is 2. The predicted molar refractivity (Wildman–Crippen MR) is 142 cm³/mol. The maximum Gasteiger partial charge on any atom is 0.256 e. The summed E-state index contributed by atoms with van der Waals surface area (Å²) in [4.78, 5) is 47.9. The van der Waals surface area contributed by atoms with Gasteiger partial charge in [0.05, 0.1) is 29.4 Å². The van der Waals surface area contributed by atoms with E-state index in [0.717, 1.165) is 11.3 Å². The Kier molecular flexibility index (Phi) is 7.44. The van der Waals surface area contributed by atoms with Crippen molar-refractivity contribution in [2.75, 3.05) is 19.7 Å². The second-order valence-corrected chi connectivity index (χ2v) is 10.0. The summed E-state index contributed by atoms with van der Waals surface area (Å²) < 4.78 is 6.27. The Labute approximate surface area is 226 Å². The maximum absolute atomic E-state index is 13.9. The summed E-state index contributed by atoms with van der Waals surface area (Å²) >= 11 is 6.26. The van der Waals surface area contributed by atoms with E-state index >= 15 is 0 Å². The van der Waals surface area contributed by atoms with Crippen LogP contribution in [0.25, 0.3) is 0 Å². The van der Waals surface area contributed by atoms with Crippen LogP contribution in [0, 0.1) is 6.92 Å². The van der Waals surface area contributed by atoms with Gasteiger partial charge in [0, 0.05) is 37.7 Å². The fourth-order valence-electron chi connectivity index (χ4n) is 5.06. The zero-order chi connectivity index (χ0) is 26.7. The number of carbonyl (C=O) groups is 3. The van der Waals surface area contributed by atoms with Crippen molar-refractivity contribution in [3.05, 3.63) is 100 Å². The Hall–Kier alpha value is -3.75. The van der Waals surface area contributed by atoms with E-state index in [-0.39, 0.29) is 30.9 Å². The Morgan fingerprint density at radius 3 is 2.39 bits per heavy atom. The van der Waals surface area contributed by atoms with Crippen molar-refractivity contribution in [1.82, 2.24) is 20.1 Å². The molecule has 1 atom stereocenters. The monoisotopic (exact) mass is 532 g/mol. The maximum atomic E-state index is 13.9. The van der Waals surface area contributed by atoms with Gasteiger partial charge in [0.25, 0.3) is 11.8 Å². The lowest BCUT2D eigenvalue weighted by Gasteiger charge is -2.44. The minimum Gasteiger partial charge on any atom is -0.353 e. The van der Waals surface area contributed by atoms with Gasteiger partial charge < -0.3 is 15.0 Å². The summed E-state index contributed by atoms with van der Waals surface area (Å²) in [5.41, 5.74) is 1.68. The minimum atomic E-state index is -0.994. The number of aromatic nitrogens is 1. The van der Waals surface area contributed by atoms with Crippen LogP contribution in [0.5, 0.6) is 0 Å². The molecule has 38 heavy (non-hydrogen) atoms. The number of amides is 3. The lowest BCUT2D eigenvalue weighted by atomic mass is 9.96. The molecule has 1 aromatic heterocycles. The van der Waals surface area contributed by atoms with Crippen molar-refractivity contribution in [3.63, 3.8) is 0 Å². The molecule has 2 saturated heterocycles. The zero-order valence-electron chi connectivity index (χ0n) is 21.1. The average molecular weight is 533 g/mol. The molecule has 3 aromatic rings. The highest BCUT2D eigenvalue weighted by atomic mass is 35.5. The van der Waals surface area contributed by atoms with E-state index in [0.29, 0.717) is 42.1 Å². The number of carbonyl (C=O) groups excluding carboxylic acids is 3. The number of nitrogens with one attached hydrogen (secondary N) is 1. The second kappa shape index (κ2) is 10.9. The van der Waals surface area contributed by atoms with Crippen molar-refractivity contribution >= 4 is 29.3 Å². The molecule has 0 saturated carbocycles. The Morgan fingerprint density at radius 1 is 1.00 bits per heavy atom. The molecule has 2 aliphatic heterocycles. The number of nitrogens with zero attached hydrogens (tertiary/aromatic N) is 3. The van der Waals surface area contributed by atoms with Crippen LogP contribution in [0.1, 0.15) is 44.8 Å². The van der Waals surface area contributed by atoms with Crippen molar-refractivity contribution in [2.45, 2.75) is 38.1 Å². The van der Waals surface area contributed by atoms with Gasteiger partial charge in [-0.3, -0.25) is 24.3 Å². The van der Waals surface area contributed by atoms with Gasteiger partial charge in [-0.1, -0.05) is 47.5 Å². The predicted octanol–water partition coefficient (Wildman–Crippen LogP) is 3.83. The molecule has 0 bridgehead atoms. The number of halogens is 1. The van der Waals surface area contributed by atoms with Crippen LogP contribution in [-0.2, 0) is 16.1 Å². The first-order chi connectivity index (χ1) is 18.4. The molecule has 1 spiro atoms. The third-order valence-electron chi connectivity index (χ3n) is 7.19. The lowest BCUT2D eigenvalue weighted by molar-refractivity contribution is -0.128. The van der Waals surface area contributed by atoms with Crippen LogP contribution >= 0.6 is 11.6 Å². The number of hydrogen-bond acceptors (Lipinski definition) is 5. The standard InChI is InChI=1S/C29H29ClN4O4/c1-20-9-11-21(12-10-20)27(36)34-25(26(35)32-18-22-6-4-5-15-31-22)19-38-29(34)13-16-33(17-14-29)28(37)23-7-2-3-8-24(23)30/h2-12,15,25H,13-14,16-19H2,1H3,(H,32,35). The van der Waals surface area contributed by atoms with Crippen molar-refractivity contribution < 1.29 is 19.1 Å². The highest BCUT2D eigenvalue weighted by molar-refractivity contribution is 6.33. The Bertz CT molecular complexity index is 1320. The van der Waals surface area contributed by atoms with Crippen molar-refractivity contribution in [3.8, 4) is 0 Å². The first-order valence-electron chi connectivity index (χ1n) is 12.6. The SMILES string of the molecule is Cc1ccc(C(=O)N2C(C(=O)NCc3ccccn3)COC23CCN(C(=O)c2ccccc2Cl)CC3)cc1. The van der Waals surface area contributed by atoms with Gasteiger partial charge in [0.2, 0.25) is 5.91 Å². The second-order valence-electron chi connectivity index (χ2n) is 9.63. The zero-order valence-corrected chi connectivity index (χ0v) is 21.9. The van der Waals surface area contributed by atoms with Gasteiger partial charge in [-0.05, 0) is 43.3 Å². The van der Waals surface area contributed by atoms with Crippen LogP contribution in [0.15, 0.2) is 72.9 Å². The van der Waals surface area contributed by atoms with E-state index in [1.165, 1.54) is 0 Å². The third-order valence-corrected chi connectivity index (χ3v) is 7.52. The minimum absolute atomic E-state index is 0.0735. The number of hydrogen-bond donors (Lipinski definition) is 1. The van der Waals surface area contributed by atoms with Crippen LogP contribution in [-0.4, -0.2) is 64.0 Å². The van der Waals surface area contributed by atoms with Gasteiger partial charge in [0.1, 0.15) is 11.8 Å². The van der Waals surface area contributed by atoms with Gasteiger partial charge in [-0.2, -0.15) is 0 Å². The van der Waals surface area contributed by atoms with Gasteiger partial charge in [-0.25, -0.2) is 0 Å². The van der Waals surface area contributed by atoms with Gasteiger partial charge >= 0.3 is 0 Å². The molecule has 1 unspecified atom stereocenters. The summed E-state index contributed by atoms with van der Waals surface area (Å²) in [5.74, 6) is -0.738. The summed E-state index contributed by atoms with van der Waals surface area (Å²) in [6.07, 6.45) is 2.43. The summed E-state index contributed by atoms with van der Waals surface area (Å²) in [6, 6.07) is 18.9. The molecule has 196 valence electrons. The number of pyridine rings is 1. The third kappa shape index (κ3) is 5.14. The van der Waals surface area contributed by atoms with E-state index in [1.54, 1.807) is 52.4 Å². The topological polar surface area (TPSA) is 91.8 Å². The molecule has 5 rings (SSSR count). The number of aryl methyl sites for hydroxylation is 1. The number of piperidine rings is 1. The normalized spacial score (nSPS) is 18.4. The first-order valence-corrected chi connectivity index (χ1v) is 13.0. The van der Waals surface area contributed by atoms with E-state index in [4.69, 9.17) is 16.3 Å². The molecular weight excluding hydrogens is 504 g/mol. The summed E-state index contributed by atoms with van der Waals surface area (Å²) in [7, 11) is 0. The Morgan fingerprint density at radius 2 is 1.71 bits per heavy atom. The molecule has 3 heterocycles. The smallest absolute Gasteiger partial charge is 0.256 e. The van der Waals surface area contributed by atoms with Crippen LogP contribution in [0.3, 0.4) is 0 Å². The van der Waals surface area contributed by atoms with Crippen molar-refractivity contribution in [2.24, 2.45) is 0 Å². The fourth-order valence-corrected chi connectivity index (χ4v) is 5.28. The molecule has 2 fully saturated rings. The van der Waals surface area contributed by atoms with Crippen LogP contribution in [0.2, 0.25) is 5.02 Å². The van der Waals surface area contributed by atoms with E-state index in [1.807, 2.05) is 37.3 Å². The van der Waals surface area contributed by atoms with E-state index < -0.39 is 11.8 Å². The van der Waals surface area contributed by atoms with E-state index in [2.05, 4.69) is 10.3 Å². The summed E-state index contributed by atoms with van der Waals surface area (Å²) in [6.45, 7) is 3.00. The molecule has 0 aliphatic carbocycles. The lowest BCUT2D eigenvalue weighted by Crippen LogP contribution is -2.59. The fraction of sp³-hybridized carbons (Fsp3) is 0.310. The molecule has 3 amide bonds. The molecule has 0 radical (unpaired) electrons.